The van der Waals surface area contributed by atoms with Crippen molar-refractivity contribution < 1.29 is 42.2 Å². The smallest absolute Gasteiger partial charge is 0.284 e. The van der Waals surface area contributed by atoms with Crippen LogP contribution in [0.5, 0.6) is 5.88 Å². The third-order valence-electron chi connectivity index (χ3n) is 12.5. The van der Waals surface area contributed by atoms with Gasteiger partial charge in [-0.2, -0.15) is 10.2 Å². The van der Waals surface area contributed by atoms with E-state index in [1.807, 2.05) is 18.2 Å². The van der Waals surface area contributed by atoms with Gasteiger partial charge >= 0.3 is 0 Å². The van der Waals surface area contributed by atoms with Gasteiger partial charge in [-0.3, -0.25) is 38.9 Å². The molecular formula is C45H50F2N12O7. The number of benzene rings is 1. The molecule has 1 atom stereocenters. The summed E-state index contributed by atoms with van der Waals surface area (Å²) in [5.74, 6) is -1.19. The second kappa shape index (κ2) is 19.7. The summed E-state index contributed by atoms with van der Waals surface area (Å²) in [6, 6.07) is 9.47. The van der Waals surface area contributed by atoms with Gasteiger partial charge in [0.25, 0.3) is 24.1 Å². The van der Waals surface area contributed by atoms with Crippen LogP contribution in [-0.4, -0.2) is 122 Å². The number of aromatic nitrogens is 6. The lowest BCUT2D eigenvalue weighted by molar-refractivity contribution is -0.136. The highest BCUT2D eigenvalue weighted by atomic mass is 19.3. The molecule has 0 radical (unpaired) electrons. The Labute approximate surface area is 377 Å². The van der Waals surface area contributed by atoms with Crippen LogP contribution in [0.1, 0.15) is 99.7 Å². The van der Waals surface area contributed by atoms with Crippen molar-refractivity contribution in [2.45, 2.75) is 69.9 Å². The largest absolute Gasteiger partial charge is 0.478 e. The molecule has 3 fully saturated rings. The highest BCUT2D eigenvalue weighted by Crippen LogP contribution is 2.36. The van der Waals surface area contributed by atoms with Gasteiger partial charge in [-0.15, -0.1) is 0 Å². The van der Waals surface area contributed by atoms with Crippen LogP contribution in [0.2, 0.25) is 0 Å². The van der Waals surface area contributed by atoms with Crippen molar-refractivity contribution in [3.05, 3.63) is 89.1 Å². The Kier molecular flexibility index (Phi) is 13.2. The van der Waals surface area contributed by atoms with Gasteiger partial charge in [-0.1, -0.05) is 12.1 Å². The average molecular weight is 909 g/mol. The molecule has 1 aromatic carbocycles. The average Bonchev–Trinajstić information content (AvgIpc) is 4.03. The predicted octanol–water partition coefficient (Wildman–Crippen LogP) is 4.19. The maximum absolute atomic E-state index is 14.2. The highest BCUT2D eigenvalue weighted by Gasteiger charge is 2.45. The van der Waals surface area contributed by atoms with Gasteiger partial charge in [0.1, 0.15) is 17.4 Å². The number of alkyl halides is 2. The van der Waals surface area contributed by atoms with E-state index in [1.54, 1.807) is 35.3 Å². The van der Waals surface area contributed by atoms with Crippen LogP contribution in [0.15, 0.2) is 61.2 Å². The maximum atomic E-state index is 14.2. The van der Waals surface area contributed by atoms with E-state index in [9.17, 15) is 32.8 Å². The van der Waals surface area contributed by atoms with Gasteiger partial charge < -0.3 is 30.3 Å². The molecular weight excluding hydrogens is 859 g/mol. The molecule has 4 N–H and O–H groups in total. The lowest BCUT2D eigenvalue weighted by atomic mass is 9.86. The van der Waals surface area contributed by atoms with Crippen molar-refractivity contribution in [2.24, 2.45) is 5.92 Å². The minimum absolute atomic E-state index is 0.0283. The molecule has 19 nitrogen and oxygen atoms in total. The highest BCUT2D eigenvalue weighted by molar-refractivity contribution is 6.25. The first-order valence-electron chi connectivity index (χ1n) is 22.3. The van der Waals surface area contributed by atoms with Crippen LogP contribution in [0, 0.1) is 5.92 Å². The van der Waals surface area contributed by atoms with Crippen LogP contribution in [0.3, 0.4) is 0 Å². The summed E-state index contributed by atoms with van der Waals surface area (Å²) in [6.45, 7) is 4.88. The van der Waals surface area contributed by atoms with Crippen molar-refractivity contribution >= 4 is 52.4 Å². The van der Waals surface area contributed by atoms with E-state index >= 15 is 0 Å². The van der Waals surface area contributed by atoms with E-state index in [4.69, 9.17) is 9.47 Å². The SMILES string of the molecule is O=C1CCC(N2C(=O)c3cccc(NCCCOc4ccc(CCNCC5CCC(n6cc(NC(=O)c7cnn8ccc(N9CCOCC9)nc78)c(C(F)F)n6)CC5)cn4)c3C2=O)C(=O)N1. The normalized spacial score (nSPS) is 20.0. The second-order valence-electron chi connectivity index (χ2n) is 16.8. The minimum Gasteiger partial charge on any atom is -0.478 e. The van der Waals surface area contributed by atoms with Crippen molar-refractivity contribution in [3.63, 3.8) is 0 Å². The Hall–Kier alpha value is -6.87. The van der Waals surface area contributed by atoms with Gasteiger partial charge in [0.15, 0.2) is 11.3 Å². The molecule has 2 saturated heterocycles. The molecule has 21 heteroatoms. The van der Waals surface area contributed by atoms with E-state index in [2.05, 4.69) is 46.3 Å². The third-order valence-corrected chi connectivity index (χ3v) is 12.5. The molecule has 4 aliphatic rings. The van der Waals surface area contributed by atoms with Crippen LogP contribution in [-0.2, 0) is 20.7 Å². The summed E-state index contributed by atoms with van der Waals surface area (Å²) in [4.78, 5) is 76.0. The van der Waals surface area contributed by atoms with Crippen LogP contribution < -0.4 is 30.9 Å². The number of imide groups is 2. The zero-order valence-electron chi connectivity index (χ0n) is 36.1. The summed E-state index contributed by atoms with van der Waals surface area (Å²) < 4.78 is 42.7. The van der Waals surface area contributed by atoms with Gasteiger partial charge in [-0.05, 0) is 87.7 Å². The quantitative estimate of drug-likeness (QED) is 0.0760. The number of nitrogens with zero attached hydrogens (tertiary/aromatic N) is 8. The first-order valence-corrected chi connectivity index (χ1v) is 22.3. The first kappa shape index (κ1) is 44.3. The number of nitrogens with one attached hydrogen (secondary N) is 4. The topological polar surface area (TPSA) is 219 Å². The lowest BCUT2D eigenvalue weighted by Crippen LogP contribution is -2.54. The number of halogens is 2. The summed E-state index contributed by atoms with van der Waals surface area (Å²) in [5, 5.41) is 20.1. The number of ether oxygens (including phenoxy) is 2. The number of carbonyl (C=O) groups is 5. The standard InChI is InChI=1S/C45H50F2N12O7/c46-40(47)39-33(52-42(61)31-25-51-57-17-14-35(53-41(31)57)56-18-21-65-22-19-56)26-58(55-39)29-8-5-27(6-9-29)23-48-16-13-28-7-12-37(50-24-28)66-20-2-15-49-32-4-1-3-30-38(32)45(64)59(44(30)63)34-10-11-36(60)54-43(34)62/h1,3-4,7,12,14,17,24-27,29,34,40,48-49H,2,5-6,8-11,13,15-16,18-23H2,(H,52,61)(H,54,60,62). The zero-order valence-corrected chi connectivity index (χ0v) is 36.1. The minimum atomic E-state index is -2.87. The number of pyridine rings is 1. The molecule has 9 rings (SSSR count). The van der Waals surface area contributed by atoms with Gasteiger partial charge in [0, 0.05) is 56.4 Å². The molecule has 3 aliphatic heterocycles. The van der Waals surface area contributed by atoms with Crippen LogP contribution in [0.25, 0.3) is 5.65 Å². The van der Waals surface area contributed by atoms with Gasteiger partial charge in [0.05, 0.1) is 48.9 Å². The fraction of sp³-hybridized carbons (Fsp3) is 0.444. The zero-order chi connectivity index (χ0) is 45.7. The lowest BCUT2D eigenvalue weighted by Gasteiger charge is -2.29. The Balaban J connectivity index is 0.683. The van der Waals surface area contributed by atoms with Crippen LogP contribution in [0.4, 0.5) is 26.0 Å². The fourth-order valence-corrected chi connectivity index (χ4v) is 8.96. The van der Waals surface area contributed by atoms with Crippen molar-refractivity contribution in [1.82, 2.24) is 44.9 Å². The number of fused-ring (bicyclic) bond motifs is 2. The molecule has 5 aromatic rings. The van der Waals surface area contributed by atoms with E-state index in [0.717, 1.165) is 55.7 Å². The van der Waals surface area contributed by atoms with E-state index in [0.29, 0.717) is 74.8 Å². The molecule has 66 heavy (non-hydrogen) atoms. The van der Waals surface area contributed by atoms with Crippen molar-refractivity contribution in [1.29, 1.82) is 0 Å². The van der Waals surface area contributed by atoms with E-state index < -0.39 is 47.7 Å². The van der Waals surface area contributed by atoms with Gasteiger partial charge in [-0.25, -0.2) is 23.3 Å². The molecule has 7 heterocycles. The molecule has 1 unspecified atom stereocenters. The number of amides is 5. The number of hydrogen-bond acceptors (Lipinski definition) is 14. The molecule has 5 amide bonds. The molecule has 4 aromatic heterocycles. The third kappa shape index (κ3) is 9.57. The Morgan fingerprint density at radius 1 is 0.955 bits per heavy atom. The van der Waals surface area contributed by atoms with E-state index in [1.165, 1.54) is 16.9 Å². The van der Waals surface area contributed by atoms with Crippen LogP contribution >= 0.6 is 0 Å². The maximum Gasteiger partial charge on any atom is 0.284 e. The summed E-state index contributed by atoms with van der Waals surface area (Å²) in [7, 11) is 0. The summed E-state index contributed by atoms with van der Waals surface area (Å²) in [5.41, 5.74) is 1.96. The Morgan fingerprint density at radius 3 is 2.56 bits per heavy atom. The molecule has 0 spiro atoms. The second-order valence-corrected chi connectivity index (χ2v) is 16.8. The predicted molar refractivity (Wildman–Crippen MR) is 235 cm³/mol. The van der Waals surface area contributed by atoms with Crippen molar-refractivity contribution in [3.8, 4) is 5.88 Å². The van der Waals surface area contributed by atoms with Crippen molar-refractivity contribution in [2.75, 3.05) is 68.1 Å². The monoisotopic (exact) mass is 908 g/mol. The Bertz CT molecular complexity index is 2610. The number of rotatable bonds is 17. The molecule has 346 valence electrons. The first-order chi connectivity index (χ1) is 32.1. The van der Waals surface area contributed by atoms with Gasteiger partial charge in [0.2, 0.25) is 17.7 Å². The fourth-order valence-electron chi connectivity index (χ4n) is 8.96. The van der Waals surface area contributed by atoms with E-state index in [-0.39, 0.29) is 41.3 Å². The number of carbonyl (C=O) groups excluding carboxylic acids is 5. The number of anilines is 3. The number of piperidine rings is 1. The number of hydrogen-bond donors (Lipinski definition) is 4. The molecule has 0 bridgehead atoms. The summed E-state index contributed by atoms with van der Waals surface area (Å²) >= 11 is 0. The molecule has 1 saturated carbocycles. The Morgan fingerprint density at radius 2 is 1.79 bits per heavy atom. The number of morpholine rings is 1. The molecule has 1 aliphatic carbocycles. The summed E-state index contributed by atoms with van der Waals surface area (Å²) in [6.07, 6.45) is 8.37.